The second-order valence-electron chi connectivity index (χ2n) is 5.83. The van der Waals surface area contributed by atoms with Gasteiger partial charge >= 0.3 is 0 Å². The topological polar surface area (TPSA) is 90.1 Å². The third-order valence-electron chi connectivity index (χ3n) is 3.82. The van der Waals surface area contributed by atoms with Crippen LogP contribution < -0.4 is 15.8 Å². The number of nitrogens with zero attached hydrogens (tertiary/aromatic N) is 2. The lowest BCUT2D eigenvalue weighted by Crippen LogP contribution is -2.03. The highest BCUT2D eigenvalue weighted by atomic mass is 79.9. The van der Waals surface area contributed by atoms with Crippen LogP contribution in [0.3, 0.4) is 0 Å². The smallest absolute Gasteiger partial charge is 0.222 e. The number of benzene rings is 2. The van der Waals surface area contributed by atoms with Gasteiger partial charge in [0.1, 0.15) is 11.6 Å². The van der Waals surface area contributed by atoms with Gasteiger partial charge in [0.25, 0.3) is 0 Å². The summed E-state index contributed by atoms with van der Waals surface area (Å²) in [4.78, 5) is 20.0. The Morgan fingerprint density at radius 1 is 1.15 bits per heavy atom. The van der Waals surface area contributed by atoms with Gasteiger partial charge < -0.3 is 15.8 Å². The van der Waals surface area contributed by atoms with Crippen LogP contribution in [-0.2, 0) is 0 Å². The molecule has 0 bridgehead atoms. The molecule has 7 heteroatoms. The van der Waals surface area contributed by atoms with Gasteiger partial charge in [0.05, 0.1) is 12.3 Å². The van der Waals surface area contributed by atoms with Crippen molar-refractivity contribution in [3.8, 4) is 17.0 Å². The number of ether oxygens (including phenoxy) is 1. The summed E-state index contributed by atoms with van der Waals surface area (Å²) in [7, 11) is 0. The molecule has 1 heterocycles. The number of carbonyl (C=O) groups is 1. The van der Waals surface area contributed by atoms with Gasteiger partial charge in [-0.05, 0) is 56.3 Å². The van der Waals surface area contributed by atoms with Crippen molar-refractivity contribution in [1.82, 2.24) is 9.97 Å². The average molecular weight is 427 g/mol. The predicted molar refractivity (Wildman–Crippen MR) is 110 cm³/mol. The molecule has 6 nitrogen and oxygen atoms in total. The van der Waals surface area contributed by atoms with Crippen LogP contribution >= 0.6 is 15.9 Å². The Labute approximate surface area is 165 Å². The molecular weight excluding hydrogens is 408 g/mol. The maximum Gasteiger partial charge on any atom is 0.222 e. The van der Waals surface area contributed by atoms with E-state index in [1.54, 1.807) is 18.2 Å². The number of nitrogens with two attached hydrogens (primary N) is 1. The number of aromatic nitrogens is 2. The third-order valence-corrected chi connectivity index (χ3v) is 4.32. The van der Waals surface area contributed by atoms with Gasteiger partial charge in [-0.1, -0.05) is 15.9 Å². The fourth-order valence-corrected chi connectivity index (χ4v) is 2.95. The molecule has 3 rings (SSSR count). The Hall–Kier alpha value is -2.93. The number of rotatable bonds is 6. The van der Waals surface area contributed by atoms with Gasteiger partial charge in [-0.3, -0.25) is 4.79 Å². The molecule has 0 aliphatic heterocycles. The van der Waals surface area contributed by atoms with Crippen molar-refractivity contribution in [2.45, 2.75) is 13.8 Å². The molecule has 0 amide bonds. The number of ketones is 1. The highest BCUT2D eigenvalue weighted by Gasteiger charge is 2.12. The summed E-state index contributed by atoms with van der Waals surface area (Å²) in [6, 6.07) is 14.7. The monoisotopic (exact) mass is 426 g/mol. The Kier molecular flexibility index (Phi) is 5.71. The van der Waals surface area contributed by atoms with Gasteiger partial charge in [0.15, 0.2) is 5.78 Å². The van der Waals surface area contributed by atoms with E-state index in [0.29, 0.717) is 23.7 Å². The normalized spacial score (nSPS) is 10.5. The summed E-state index contributed by atoms with van der Waals surface area (Å²) < 4.78 is 6.62. The van der Waals surface area contributed by atoms with Crippen molar-refractivity contribution in [3.05, 3.63) is 58.6 Å². The molecule has 0 saturated heterocycles. The molecule has 0 unspecified atom stereocenters. The number of Topliss-reactive ketones (excluding diaryl/α,β-unsaturated/α-hetero) is 1. The fraction of sp³-hybridized carbons (Fsp3) is 0.150. The molecule has 0 atom stereocenters. The third kappa shape index (κ3) is 4.62. The molecule has 3 N–H and O–H groups in total. The number of hydrogen-bond acceptors (Lipinski definition) is 6. The molecule has 1 aromatic heterocycles. The number of nitrogen functional groups attached to an aromatic ring is 1. The highest BCUT2D eigenvalue weighted by Crippen LogP contribution is 2.33. The number of carbonyl (C=O) groups excluding carboxylic acids is 1. The van der Waals surface area contributed by atoms with Crippen molar-refractivity contribution in [2.24, 2.45) is 0 Å². The van der Waals surface area contributed by atoms with Crippen LogP contribution in [0, 0.1) is 0 Å². The van der Waals surface area contributed by atoms with Gasteiger partial charge in [0.2, 0.25) is 5.95 Å². The van der Waals surface area contributed by atoms with Crippen molar-refractivity contribution < 1.29 is 9.53 Å². The van der Waals surface area contributed by atoms with Gasteiger partial charge in [-0.15, -0.1) is 0 Å². The van der Waals surface area contributed by atoms with Crippen LogP contribution in [0.25, 0.3) is 11.3 Å². The van der Waals surface area contributed by atoms with Crippen LogP contribution in [0.15, 0.2) is 53.0 Å². The quantitative estimate of drug-likeness (QED) is 0.548. The summed E-state index contributed by atoms with van der Waals surface area (Å²) in [5.41, 5.74) is 8.83. The van der Waals surface area contributed by atoms with E-state index in [1.807, 2.05) is 37.3 Å². The van der Waals surface area contributed by atoms with E-state index in [-0.39, 0.29) is 11.7 Å². The molecule has 0 aliphatic carbocycles. The van der Waals surface area contributed by atoms with E-state index in [0.717, 1.165) is 21.5 Å². The van der Waals surface area contributed by atoms with E-state index in [4.69, 9.17) is 10.5 Å². The second-order valence-corrected chi connectivity index (χ2v) is 6.74. The molecule has 0 saturated carbocycles. The summed E-state index contributed by atoms with van der Waals surface area (Å²) in [5, 5.41) is 3.19. The molecule has 0 radical (unpaired) electrons. The van der Waals surface area contributed by atoms with E-state index >= 15 is 0 Å². The molecule has 3 aromatic rings. The minimum Gasteiger partial charge on any atom is -0.493 e. The zero-order valence-electron chi connectivity index (χ0n) is 15.0. The Morgan fingerprint density at radius 3 is 2.56 bits per heavy atom. The van der Waals surface area contributed by atoms with Crippen LogP contribution in [-0.4, -0.2) is 22.4 Å². The number of nitrogens with one attached hydrogen (secondary N) is 1. The van der Waals surface area contributed by atoms with E-state index in [1.165, 1.54) is 6.92 Å². The minimum absolute atomic E-state index is 0.0215. The zero-order chi connectivity index (χ0) is 19.4. The summed E-state index contributed by atoms with van der Waals surface area (Å²) in [6.07, 6.45) is 0. The first-order valence-electron chi connectivity index (χ1n) is 8.41. The number of hydrogen-bond donors (Lipinski definition) is 2. The molecule has 2 aromatic carbocycles. The molecular formula is C20H19BrN4O2. The lowest BCUT2D eigenvalue weighted by atomic mass is 10.1. The SMILES string of the molecule is CCOc1ccc(Br)cc1-c1cc(Nc2ccc(C(C)=O)cc2)nc(N)n1. The second kappa shape index (κ2) is 8.18. The van der Waals surface area contributed by atoms with Crippen molar-refractivity contribution >= 4 is 39.2 Å². The Morgan fingerprint density at radius 2 is 1.89 bits per heavy atom. The van der Waals surface area contributed by atoms with E-state index in [2.05, 4.69) is 31.2 Å². The summed E-state index contributed by atoms with van der Waals surface area (Å²) in [6.45, 7) is 4.01. The Bertz CT molecular complexity index is 974. The van der Waals surface area contributed by atoms with E-state index in [9.17, 15) is 4.79 Å². The summed E-state index contributed by atoms with van der Waals surface area (Å²) in [5.74, 6) is 1.44. The molecule has 0 fully saturated rings. The first kappa shape index (κ1) is 18.8. The minimum atomic E-state index is 0.0215. The fourth-order valence-electron chi connectivity index (χ4n) is 2.59. The number of anilines is 3. The maximum absolute atomic E-state index is 11.4. The lowest BCUT2D eigenvalue weighted by Gasteiger charge is -2.12. The van der Waals surface area contributed by atoms with E-state index < -0.39 is 0 Å². The van der Waals surface area contributed by atoms with Crippen LogP contribution in [0.1, 0.15) is 24.2 Å². The highest BCUT2D eigenvalue weighted by molar-refractivity contribution is 9.10. The van der Waals surface area contributed by atoms with Crippen molar-refractivity contribution in [2.75, 3.05) is 17.7 Å². The lowest BCUT2D eigenvalue weighted by molar-refractivity contribution is 0.101. The van der Waals surface area contributed by atoms with Gasteiger partial charge in [-0.2, -0.15) is 4.98 Å². The van der Waals surface area contributed by atoms with Crippen LogP contribution in [0.4, 0.5) is 17.5 Å². The van der Waals surface area contributed by atoms with Gasteiger partial charge in [-0.25, -0.2) is 4.98 Å². The average Bonchev–Trinajstić information content (AvgIpc) is 2.63. The molecule has 27 heavy (non-hydrogen) atoms. The summed E-state index contributed by atoms with van der Waals surface area (Å²) >= 11 is 3.48. The largest absolute Gasteiger partial charge is 0.493 e. The Balaban J connectivity index is 1.95. The zero-order valence-corrected chi connectivity index (χ0v) is 16.6. The standard InChI is InChI=1S/C20H19BrN4O2/c1-3-27-18-9-6-14(21)10-16(18)17-11-19(25-20(22)24-17)23-15-7-4-13(5-8-15)12(2)26/h4-11H,3H2,1-2H3,(H3,22,23,24,25). The van der Waals surface area contributed by atoms with Crippen molar-refractivity contribution in [1.29, 1.82) is 0 Å². The first-order chi connectivity index (χ1) is 13.0. The van der Waals surface area contributed by atoms with Crippen LogP contribution in [0.2, 0.25) is 0 Å². The molecule has 0 spiro atoms. The predicted octanol–water partition coefficient (Wildman–Crippen LogP) is 4.83. The molecule has 0 aliphatic rings. The first-order valence-corrected chi connectivity index (χ1v) is 9.21. The number of halogens is 1. The molecule has 138 valence electrons. The maximum atomic E-state index is 11.4. The van der Waals surface area contributed by atoms with Gasteiger partial charge in [0, 0.05) is 27.4 Å². The van der Waals surface area contributed by atoms with Crippen molar-refractivity contribution in [3.63, 3.8) is 0 Å². The van der Waals surface area contributed by atoms with Crippen LogP contribution in [0.5, 0.6) is 5.75 Å².